The number of halogens is 3. The summed E-state index contributed by atoms with van der Waals surface area (Å²) >= 11 is 0. The molecule has 2 aromatic heterocycles. The number of rotatable bonds is 4. The molecule has 3 aromatic rings. The quantitative estimate of drug-likeness (QED) is 0.581. The summed E-state index contributed by atoms with van der Waals surface area (Å²) in [6.45, 7) is 2.32. The number of pyridine rings is 1. The molecule has 0 bridgehead atoms. The lowest BCUT2D eigenvalue weighted by molar-refractivity contribution is 0.0256. The molecule has 2 aliphatic rings. The van der Waals surface area contributed by atoms with E-state index in [1.165, 1.54) is 34.3 Å². The van der Waals surface area contributed by atoms with Gasteiger partial charge in [-0.3, -0.25) is 9.67 Å². The SMILES string of the molecule is Cc1cnn(C)c1-c1cc(OC2CN(C(=O)N3N=CCC3c3cc(F)cc(F)c3)C2)c(F)cn1. The van der Waals surface area contributed by atoms with Gasteiger partial charge in [0.25, 0.3) is 0 Å². The Morgan fingerprint density at radius 2 is 1.82 bits per heavy atom. The number of aromatic nitrogens is 3. The zero-order valence-electron chi connectivity index (χ0n) is 18.5. The first kappa shape index (κ1) is 21.9. The van der Waals surface area contributed by atoms with Crippen molar-refractivity contribution in [3.05, 3.63) is 65.2 Å². The van der Waals surface area contributed by atoms with Crippen LogP contribution in [0, 0.1) is 24.4 Å². The summed E-state index contributed by atoms with van der Waals surface area (Å²) in [4.78, 5) is 18.6. The van der Waals surface area contributed by atoms with Gasteiger partial charge in [-0.25, -0.2) is 23.0 Å². The van der Waals surface area contributed by atoms with Crippen molar-refractivity contribution in [2.75, 3.05) is 13.1 Å². The molecule has 0 radical (unpaired) electrons. The lowest BCUT2D eigenvalue weighted by Crippen LogP contribution is -2.58. The smallest absolute Gasteiger partial charge is 0.341 e. The van der Waals surface area contributed by atoms with E-state index in [2.05, 4.69) is 15.2 Å². The van der Waals surface area contributed by atoms with Crippen LogP contribution >= 0.6 is 0 Å². The first-order chi connectivity index (χ1) is 16.3. The monoisotopic (exact) mass is 470 g/mol. The molecule has 1 fully saturated rings. The summed E-state index contributed by atoms with van der Waals surface area (Å²) in [6, 6.07) is 3.67. The van der Waals surface area contributed by atoms with Gasteiger partial charge in [-0.1, -0.05) is 0 Å². The number of hydrazone groups is 1. The summed E-state index contributed by atoms with van der Waals surface area (Å²) in [6.07, 6.45) is 4.26. The number of carbonyl (C=O) groups is 1. The van der Waals surface area contributed by atoms with Crippen molar-refractivity contribution in [3.8, 4) is 17.1 Å². The van der Waals surface area contributed by atoms with Gasteiger partial charge in [0.15, 0.2) is 11.6 Å². The number of hydrogen-bond acceptors (Lipinski definition) is 5. The van der Waals surface area contributed by atoms with Crippen LogP contribution in [0.5, 0.6) is 5.75 Å². The highest BCUT2D eigenvalue weighted by Gasteiger charge is 2.39. The topological polar surface area (TPSA) is 75.8 Å². The van der Waals surface area contributed by atoms with Crippen molar-refractivity contribution >= 4 is 12.2 Å². The van der Waals surface area contributed by atoms with Gasteiger partial charge in [0.1, 0.15) is 17.7 Å². The van der Waals surface area contributed by atoms with Crippen molar-refractivity contribution in [2.45, 2.75) is 25.5 Å². The van der Waals surface area contributed by atoms with Crippen LogP contribution in [0.25, 0.3) is 11.4 Å². The number of hydrogen-bond donors (Lipinski definition) is 0. The summed E-state index contributed by atoms with van der Waals surface area (Å²) in [5.41, 5.74) is 2.50. The molecule has 0 saturated carbocycles. The zero-order chi connectivity index (χ0) is 24.0. The van der Waals surface area contributed by atoms with Gasteiger partial charge in [0, 0.05) is 31.8 Å². The van der Waals surface area contributed by atoms with Gasteiger partial charge in [-0.05, 0) is 30.2 Å². The number of benzene rings is 1. The van der Waals surface area contributed by atoms with E-state index in [0.29, 0.717) is 17.7 Å². The maximum Gasteiger partial charge on any atom is 0.341 e. The highest BCUT2D eigenvalue weighted by Crippen LogP contribution is 2.32. The summed E-state index contributed by atoms with van der Waals surface area (Å²) in [5.74, 6) is -2.00. The van der Waals surface area contributed by atoms with Crippen LogP contribution < -0.4 is 4.74 Å². The van der Waals surface area contributed by atoms with Crippen LogP contribution in [0.1, 0.15) is 23.6 Å². The second kappa shape index (κ2) is 8.47. The average molecular weight is 470 g/mol. The molecule has 1 aromatic carbocycles. The van der Waals surface area contributed by atoms with Crippen molar-refractivity contribution < 1.29 is 22.7 Å². The Bertz CT molecular complexity index is 1250. The highest BCUT2D eigenvalue weighted by atomic mass is 19.1. The lowest BCUT2D eigenvalue weighted by Gasteiger charge is -2.41. The van der Waals surface area contributed by atoms with Gasteiger partial charge in [-0.15, -0.1) is 0 Å². The van der Waals surface area contributed by atoms with E-state index in [0.717, 1.165) is 23.5 Å². The van der Waals surface area contributed by atoms with E-state index >= 15 is 0 Å². The van der Waals surface area contributed by atoms with E-state index in [-0.39, 0.29) is 18.8 Å². The van der Waals surface area contributed by atoms with E-state index < -0.39 is 35.6 Å². The van der Waals surface area contributed by atoms with Crippen molar-refractivity contribution in [1.82, 2.24) is 24.7 Å². The Morgan fingerprint density at radius 3 is 2.50 bits per heavy atom. The number of urea groups is 1. The number of ether oxygens (including phenoxy) is 1. The molecule has 11 heteroatoms. The fourth-order valence-electron chi connectivity index (χ4n) is 4.19. The summed E-state index contributed by atoms with van der Waals surface area (Å²) in [7, 11) is 1.77. The van der Waals surface area contributed by atoms with Gasteiger partial charge in [-0.2, -0.15) is 10.2 Å². The molecule has 2 aliphatic heterocycles. The van der Waals surface area contributed by atoms with Crippen LogP contribution in [0.2, 0.25) is 0 Å². The maximum atomic E-state index is 14.4. The molecule has 0 N–H and O–H groups in total. The largest absolute Gasteiger partial charge is 0.483 e. The van der Waals surface area contributed by atoms with Crippen LogP contribution in [0.4, 0.5) is 18.0 Å². The van der Waals surface area contributed by atoms with Gasteiger partial charge < -0.3 is 9.64 Å². The normalized spacial score (nSPS) is 17.9. The van der Waals surface area contributed by atoms with Gasteiger partial charge >= 0.3 is 6.03 Å². The maximum absolute atomic E-state index is 14.4. The molecule has 34 heavy (non-hydrogen) atoms. The first-order valence-electron chi connectivity index (χ1n) is 10.7. The minimum Gasteiger partial charge on any atom is -0.483 e. The Balaban J connectivity index is 1.25. The third-order valence-electron chi connectivity index (χ3n) is 5.89. The van der Waals surface area contributed by atoms with Crippen LogP contribution in [-0.2, 0) is 7.05 Å². The molecule has 1 unspecified atom stereocenters. The van der Waals surface area contributed by atoms with E-state index in [1.54, 1.807) is 17.9 Å². The number of amides is 2. The Labute approximate surface area is 193 Å². The van der Waals surface area contributed by atoms with Crippen LogP contribution in [-0.4, -0.2) is 56.1 Å². The lowest BCUT2D eigenvalue weighted by atomic mass is 10.0. The molecule has 2 amide bonds. The predicted octanol–water partition coefficient (Wildman–Crippen LogP) is 3.82. The molecule has 5 rings (SSSR count). The van der Waals surface area contributed by atoms with Crippen molar-refractivity contribution in [1.29, 1.82) is 0 Å². The van der Waals surface area contributed by atoms with Crippen molar-refractivity contribution in [2.24, 2.45) is 12.1 Å². The fraction of sp³-hybridized carbons (Fsp3) is 0.304. The molecule has 0 aliphatic carbocycles. The number of nitrogens with zero attached hydrogens (tertiary/aromatic N) is 6. The van der Waals surface area contributed by atoms with Crippen LogP contribution in [0.3, 0.4) is 0 Å². The fourth-order valence-corrected chi connectivity index (χ4v) is 4.19. The second-order valence-corrected chi connectivity index (χ2v) is 8.32. The van der Waals surface area contributed by atoms with E-state index in [4.69, 9.17) is 4.74 Å². The third kappa shape index (κ3) is 3.97. The Hall–Kier alpha value is -3.89. The molecule has 1 saturated heterocycles. The molecule has 0 spiro atoms. The molecule has 4 heterocycles. The zero-order valence-corrected chi connectivity index (χ0v) is 18.5. The highest BCUT2D eigenvalue weighted by molar-refractivity contribution is 5.79. The first-order valence-corrected chi connectivity index (χ1v) is 10.7. The average Bonchev–Trinajstić information content (AvgIpc) is 3.37. The summed E-state index contributed by atoms with van der Waals surface area (Å²) in [5, 5.41) is 9.48. The molecule has 8 nitrogen and oxygen atoms in total. The number of aryl methyl sites for hydroxylation is 2. The Kier molecular flexibility index (Phi) is 5.46. The summed E-state index contributed by atoms with van der Waals surface area (Å²) < 4.78 is 49.1. The second-order valence-electron chi connectivity index (χ2n) is 8.32. The number of likely N-dealkylation sites (tertiary alicyclic amines) is 1. The van der Waals surface area contributed by atoms with E-state index in [1.807, 2.05) is 6.92 Å². The Morgan fingerprint density at radius 1 is 1.09 bits per heavy atom. The van der Waals surface area contributed by atoms with E-state index in [9.17, 15) is 18.0 Å². The van der Waals surface area contributed by atoms with Crippen LogP contribution in [0.15, 0.2) is 41.8 Å². The molecular weight excluding hydrogens is 449 g/mol. The minimum atomic E-state index is -0.716. The van der Waals surface area contributed by atoms with Crippen molar-refractivity contribution in [3.63, 3.8) is 0 Å². The minimum absolute atomic E-state index is 0.0370. The molecule has 176 valence electrons. The van der Waals surface area contributed by atoms with Gasteiger partial charge in [0.2, 0.25) is 0 Å². The molecule has 1 atom stereocenters. The van der Waals surface area contributed by atoms with Gasteiger partial charge in [0.05, 0.1) is 42.9 Å². The predicted molar refractivity (Wildman–Crippen MR) is 117 cm³/mol. The standard InChI is InChI=1S/C23H21F3N6O2/c1-13-9-29-30(2)22(13)19-8-21(18(26)10-27-19)34-17-11-31(12-17)23(33)32-20(3-4-28-32)14-5-15(24)7-16(25)6-14/h4-10,17,20H,3,11-12H2,1-2H3. The third-order valence-corrected chi connectivity index (χ3v) is 5.89. The number of carbonyl (C=O) groups excluding carboxylic acids is 1. The molecular formula is C23H21F3N6O2.